The number of carbonyl (C=O) groups excluding carboxylic acids is 1. The van der Waals surface area contributed by atoms with E-state index in [2.05, 4.69) is 57.4 Å². The number of benzene rings is 2. The molecule has 5 nitrogen and oxygen atoms in total. The molecule has 1 amide bonds. The van der Waals surface area contributed by atoms with E-state index in [0.29, 0.717) is 0 Å². The maximum atomic E-state index is 12.7. The van der Waals surface area contributed by atoms with E-state index >= 15 is 0 Å². The maximum Gasteiger partial charge on any atom is 0.223 e. The second-order valence-electron chi connectivity index (χ2n) is 7.16. The minimum absolute atomic E-state index is 0.000116. The smallest absolute Gasteiger partial charge is 0.223 e. The predicted octanol–water partition coefficient (Wildman–Crippen LogP) is 3.72. The highest BCUT2D eigenvalue weighted by Gasteiger charge is 2.26. The standard InChI is InChI=1S/C22H24N4O/c1-16(19-7-6-17-4-2-3-5-20(17)14-19)25-22(27)18-8-12-26(13-9-18)21-15-23-10-11-24-21/h2-7,10-11,14-16,18H,8-9,12-13H2,1H3,(H,25,27). The molecule has 1 aromatic heterocycles. The van der Waals surface area contributed by atoms with Crippen molar-refractivity contribution in [1.29, 1.82) is 0 Å². The zero-order valence-electron chi connectivity index (χ0n) is 15.5. The first-order valence-corrected chi connectivity index (χ1v) is 9.51. The molecule has 3 aromatic rings. The quantitative estimate of drug-likeness (QED) is 0.770. The maximum absolute atomic E-state index is 12.7. The average molecular weight is 360 g/mol. The van der Waals surface area contributed by atoms with Crippen molar-refractivity contribution in [3.8, 4) is 0 Å². The molecular formula is C22H24N4O. The molecule has 0 aliphatic carbocycles. The Morgan fingerprint density at radius 1 is 1.11 bits per heavy atom. The number of rotatable bonds is 4. The highest BCUT2D eigenvalue weighted by molar-refractivity contribution is 5.83. The van der Waals surface area contributed by atoms with E-state index in [1.807, 2.05) is 12.1 Å². The molecule has 4 rings (SSSR count). The molecule has 1 fully saturated rings. The largest absolute Gasteiger partial charge is 0.355 e. The summed E-state index contributed by atoms with van der Waals surface area (Å²) < 4.78 is 0. The number of anilines is 1. The van der Waals surface area contributed by atoms with E-state index < -0.39 is 0 Å². The molecule has 1 atom stereocenters. The summed E-state index contributed by atoms with van der Waals surface area (Å²) in [6.07, 6.45) is 6.85. The van der Waals surface area contributed by atoms with Crippen LogP contribution in [0.3, 0.4) is 0 Å². The third-order valence-electron chi connectivity index (χ3n) is 5.37. The van der Waals surface area contributed by atoms with Crippen molar-refractivity contribution in [3.63, 3.8) is 0 Å². The fraction of sp³-hybridized carbons (Fsp3) is 0.318. The van der Waals surface area contributed by atoms with Crippen LogP contribution >= 0.6 is 0 Å². The molecule has 1 saturated heterocycles. The zero-order chi connectivity index (χ0) is 18.6. The van der Waals surface area contributed by atoms with Crippen LogP contribution in [0.1, 0.15) is 31.4 Å². The van der Waals surface area contributed by atoms with Gasteiger partial charge >= 0.3 is 0 Å². The van der Waals surface area contributed by atoms with Gasteiger partial charge in [0.25, 0.3) is 0 Å². The lowest BCUT2D eigenvalue weighted by atomic mass is 9.95. The van der Waals surface area contributed by atoms with Gasteiger partial charge in [-0.1, -0.05) is 36.4 Å². The first-order chi connectivity index (χ1) is 13.2. The minimum Gasteiger partial charge on any atom is -0.355 e. The summed E-state index contributed by atoms with van der Waals surface area (Å²) in [5, 5.41) is 5.62. The monoisotopic (exact) mass is 360 g/mol. The summed E-state index contributed by atoms with van der Waals surface area (Å²) in [6, 6.07) is 14.7. The number of carbonyl (C=O) groups is 1. The normalized spacial score (nSPS) is 16.3. The Balaban J connectivity index is 1.36. The van der Waals surface area contributed by atoms with Gasteiger partial charge in [-0.05, 0) is 42.2 Å². The number of nitrogens with zero attached hydrogens (tertiary/aromatic N) is 3. The summed E-state index contributed by atoms with van der Waals surface area (Å²) in [5.41, 5.74) is 1.14. The topological polar surface area (TPSA) is 58.1 Å². The molecule has 0 bridgehead atoms. The Bertz CT molecular complexity index is 920. The molecule has 2 heterocycles. The van der Waals surface area contributed by atoms with Crippen LogP contribution in [0.25, 0.3) is 10.8 Å². The number of hydrogen-bond donors (Lipinski definition) is 1. The molecule has 1 N–H and O–H groups in total. The average Bonchev–Trinajstić information content (AvgIpc) is 2.74. The molecule has 0 saturated carbocycles. The molecule has 0 spiro atoms. The molecule has 1 unspecified atom stereocenters. The number of amides is 1. The van der Waals surface area contributed by atoms with E-state index in [-0.39, 0.29) is 17.9 Å². The van der Waals surface area contributed by atoms with Crippen LogP contribution in [0.15, 0.2) is 61.1 Å². The van der Waals surface area contributed by atoms with Crippen molar-refractivity contribution < 1.29 is 4.79 Å². The molecular weight excluding hydrogens is 336 g/mol. The van der Waals surface area contributed by atoms with E-state index in [1.165, 1.54) is 10.8 Å². The Labute approximate surface area is 159 Å². The summed E-state index contributed by atoms with van der Waals surface area (Å²) in [4.78, 5) is 23.4. The van der Waals surface area contributed by atoms with Gasteiger partial charge in [0.2, 0.25) is 5.91 Å². The van der Waals surface area contributed by atoms with Crippen molar-refractivity contribution >= 4 is 22.5 Å². The van der Waals surface area contributed by atoms with Crippen molar-refractivity contribution in [3.05, 3.63) is 66.6 Å². The fourth-order valence-corrected chi connectivity index (χ4v) is 3.72. The van der Waals surface area contributed by atoms with Gasteiger partial charge in [-0.25, -0.2) is 4.98 Å². The Morgan fingerprint density at radius 2 is 1.89 bits per heavy atom. The SMILES string of the molecule is CC(NC(=O)C1CCN(c2cnccn2)CC1)c1ccc2ccccc2c1. The zero-order valence-corrected chi connectivity index (χ0v) is 15.5. The predicted molar refractivity (Wildman–Crippen MR) is 107 cm³/mol. The van der Waals surface area contributed by atoms with Crippen LogP contribution in [0.4, 0.5) is 5.82 Å². The van der Waals surface area contributed by atoms with Crippen molar-refractivity contribution in [2.75, 3.05) is 18.0 Å². The van der Waals surface area contributed by atoms with Gasteiger partial charge in [0.05, 0.1) is 12.2 Å². The van der Waals surface area contributed by atoms with Gasteiger partial charge in [-0.3, -0.25) is 9.78 Å². The lowest BCUT2D eigenvalue weighted by Crippen LogP contribution is -2.41. The summed E-state index contributed by atoms with van der Waals surface area (Å²) in [7, 11) is 0. The van der Waals surface area contributed by atoms with Crippen molar-refractivity contribution in [2.24, 2.45) is 5.92 Å². The van der Waals surface area contributed by atoms with E-state index in [1.54, 1.807) is 18.6 Å². The van der Waals surface area contributed by atoms with Crippen LogP contribution in [0.2, 0.25) is 0 Å². The van der Waals surface area contributed by atoms with Crippen LogP contribution in [-0.2, 0) is 4.79 Å². The van der Waals surface area contributed by atoms with Gasteiger partial charge in [-0.15, -0.1) is 0 Å². The van der Waals surface area contributed by atoms with Gasteiger partial charge in [0, 0.05) is 31.4 Å². The molecule has 1 aliphatic rings. The van der Waals surface area contributed by atoms with Gasteiger partial charge in [0.15, 0.2) is 0 Å². The Hall–Kier alpha value is -2.95. The summed E-state index contributed by atoms with van der Waals surface area (Å²) in [6.45, 7) is 3.72. The Kier molecular flexibility index (Phi) is 5.01. The third-order valence-corrected chi connectivity index (χ3v) is 5.37. The van der Waals surface area contributed by atoms with Gasteiger partial charge in [-0.2, -0.15) is 0 Å². The highest BCUT2D eigenvalue weighted by atomic mass is 16.1. The summed E-state index contributed by atoms with van der Waals surface area (Å²) >= 11 is 0. The summed E-state index contributed by atoms with van der Waals surface area (Å²) in [5.74, 6) is 1.09. The second kappa shape index (κ2) is 7.74. The van der Waals surface area contributed by atoms with Gasteiger partial charge < -0.3 is 10.2 Å². The van der Waals surface area contributed by atoms with Crippen molar-refractivity contribution in [2.45, 2.75) is 25.8 Å². The lowest BCUT2D eigenvalue weighted by Gasteiger charge is -2.32. The van der Waals surface area contributed by atoms with Gasteiger partial charge in [0.1, 0.15) is 5.82 Å². The first kappa shape index (κ1) is 17.5. The highest BCUT2D eigenvalue weighted by Crippen LogP contribution is 2.24. The van der Waals surface area contributed by atoms with Crippen molar-refractivity contribution in [1.82, 2.24) is 15.3 Å². The van der Waals surface area contributed by atoms with E-state index in [0.717, 1.165) is 37.3 Å². The number of hydrogen-bond acceptors (Lipinski definition) is 4. The molecule has 2 aromatic carbocycles. The third kappa shape index (κ3) is 3.92. The fourth-order valence-electron chi connectivity index (χ4n) is 3.72. The second-order valence-corrected chi connectivity index (χ2v) is 7.16. The molecule has 0 radical (unpaired) electrons. The van der Waals surface area contributed by atoms with Crippen LogP contribution in [0.5, 0.6) is 0 Å². The molecule has 5 heteroatoms. The number of piperidine rings is 1. The number of nitrogens with one attached hydrogen (secondary N) is 1. The minimum atomic E-state index is 0.000116. The lowest BCUT2D eigenvalue weighted by molar-refractivity contribution is -0.126. The molecule has 1 aliphatic heterocycles. The number of aromatic nitrogens is 2. The van der Waals surface area contributed by atoms with E-state index in [9.17, 15) is 4.79 Å². The Morgan fingerprint density at radius 3 is 2.63 bits per heavy atom. The van der Waals surface area contributed by atoms with Crippen LogP contribution in [-0.4, -0.2) is 29.0 Å². The van der Waals surface area contributed by atoms with E-state index in [4.69, 9.17) is 0 Å². The number of fused-ring (bicyclic) bond motifs is 1. The molecule has 27 heavy (non-hydrogen) atoms. The molecule has 138 valence electrons. The first-order valence-electron chi connectivity index (χ1n) is 9.51. The van der Waals surface area contributed by atoms with Crippen LogP contribution in [0, 0.1) is 5.92 Å². The van der Waals surface area contributed by atoms with Crippen LogP contribution < -0.4 is 10.2 Å².